The maximum absolute atomic E-state index is 4.32. The minimum Gasteiger partial charge on any atom is -0.308 e. The Hall–Kier alpha value is -1.74. The Morgan fingerprint density at radius 2 is 2.00 bits per heavy atom. The van der Waals surface area contributed by atoms with Gasteiger partial charge in [-0.2, -0.15) is 0 Å². The molecule has 3 nitrogen and oxygen atoms in total. The van der Waals surface area contributed by atoms with Gasteiger partial charge in [0.15, 0.2) is 0 Å². The van der Waals surface area contributed by atoms with Gasteiger partial charge in [0.1, 0.15) is 6.33 Å². The molecule has 0 fully saturated rings. The molecule has 1 N–H and O–H groups in total. The molecule has 0 saturated carbocycles. The van der Waals surface area contributed by atoms with Crippen molar-refractivity contribution in [1.82, 2.24) is 15.3 Å². The molecule has 2 rings (SSSR count). The SMILES string of the molecule is CNC(c1ccncn1)c1cccc(C)c1C. The van der Waals surface area contributed by atoms with Gasteiger partial charge < -0.3 is 5.32 Å². The molecule has 1 aromatic heterocycles. The summed E-state index contributed by atoms with van der Waals surface area (Å²) in [5, 5.41) is 3.31. The average molecular weight is 227 g/mol. The molecule has 0 amide bonds. The molecule has 17 heavy (non-hydrogen) atoms. The van der Waals surface area contributed by atoms with Crippen LogP contribution in [0.25, 0.3) is 0 Å². The van der Waals surface area contributed by atoms with Crippen molar-refractivity contribution in [3.63, 3.8) is 0 Å². The van der Waals surface area contributed by atoms with E-state index in [9.17, 15) is 0 Å². The van der Waals surface area contributed by atoms with E-state index >= 15 is 0 Å². The number of aromatic nitrogens is 2. The molecule has 0 saturated heterocycles. The maximum Gasteiger partial charge on any atom is 0.115 e. The van der Waals surface area contributed by atoms with Crippen LogP contribution in [-0.4, -0.2) is 17.0 Å². The summed E-state index contributed by atoms with van der Waals surface area (Å²) in [5.41, 5.74) is 4.88. The molecule has 0 bridgehead atoms. The summed E-state index contributed by atoms with van der Waals surface area (Å²) in [6.45, 7) is 4.28. The quantitative estimate of drug-likeness (QED) is 0.875. The molecule has 0 spiro atoms. The molecule has 1 aromatic carbocycles. The van der Waals surface area contributed by atoms with Gasteiger partial charge in [-0.3, -0.25) is 0 Å². The minimum atomic E-state index is 0.123. The zero-order chi connectivity index (χ0) is 12.3. The van der Waals surface area contributed by atoms with Crippen molar-refractivity contribution in [3.8, 4) is 0 Å². The highest BCUT2D eigenvalue weighted by atomic mass is 14.9. The average Bonchev–Trinajstić information content (AvgIpc) is 2.37. The lowest BCUT2D eigenvalue weighted by atomic mass is 9.95. The third kappa shape index (κ3) is 2.34. The second-order valence-corrected chi connectivity index (χ2v) is 4.15. The van der Waals surface area contributed by atoms with Gasteiger partial charge >= 0.3 is 0 Å². The Morgan fingerprint density at radius 1 is 1.18 bits per heavy atom. The van der Waals surface area contributed by atoms with Gasteiger partial charge in [0.25, 0.3) is 0 Å². The van der Waals surface area contributed by atoms with Crippen molar-refractivity contribution in [2.24, 2.45) is 0 Å². The third-order valence-electron chi connectivity index (χ3n) is 3.15. The molecular formula is C14H17N3. The Balaban J connectivity index is 2.46. The topological polar surface area (TPSA) is 37.8 Å². The van der Waals surface area contributed by atoms with Crippen molar-refractivity contribution in [1.29, 1.82) is 0 Å². The second kappa shape index (κ2) is 5.06. The summed E-state index contributed by atoms with van der Waals surface area (Å²) < 4.78 is 0. The van der Waals surface area contributed by atoms with Gasteiger partial charge in [-0.1, -0.05) is 18.2 Å². The van der Waals surface area contributed by atoms with Gasteiger partial charge in [0, 0.05) is 6.20 Å². The van der Waals surface area contributed by atoms with Crippen LogP contribution >= 0.6 is 0 Å². The predicted octanol–water partition coefficient (Wildman–Crippen LogP) is 2.40. The van der Waals surface area contributed by atoms with Crippen LogP contribution in [-0.2, 0) is 0 Å². The zero-order valence-electron chi connectivity index (χ0n) is 10.4. The van der Waals surface area contributed by atoms with Gasteiger partial charge in [-0.05, 0) is 43.7 Å². The molecule has 0 aliphatic heterocycles. The molecule has 88 valence electrons. The van der Waals surface area contributed by atoms with E-state index in [0.717, 1.165) is 5.69 Å². The van der Waals surface area contributed by atoms with Crippen molar-refractivity contribution in [2.75, 3.05) is 7.05 Å². The third-order valence-corrected chi connectivity index (χ3v) is 3.15. The van der Waals surface area contributed by atoms with E-state index in [1.807, 2.05) is 13.1 Å². The molecule has 1 heterocycles. The van der Waals surface area contributed by atoms with Gasteiger partial charge in [0.05, 0.1) is 11.7 Å². The summed E-state index contributed by atoms with van der Waals surface area (Å²) in [7, 11) is 1.95. The molecular weight excluding hydrogens is 210 g/mol. The standard InChI is InChI=1S/C14H17N3/c1-10-5-4-6-12(11(10)2)14(15-3)13-7-8-16-9-17-13/h4-9,14-15H,1-3H3. The zero-order valence-corrected chi connectivity index (χ0v) is 10.4. The minimum absolute atomic E-state index is 0.123. The summed E-state index contributed by atoms with van der Waals surface area (Å²) in [5.74, 6) is 0. The first kappa shape index (κ1) is 11.7. The lowest BCUT2D eigenvalue weighted by Crippen LogP contribution is -2.20. The first-order chi connectivity index (χ1) is 8.24. The highest BCUT2D eigenvalue weighted by Gasteiger charge is 2.15. The van der Waals surface area contributed by atoms with E-state index in [-0.39, 0.29) is 6.04 Å². The lowest BCUT2D eigenvalue weighted by Gasteiger charge is -2.19. The van der Waals surface area contributed by atoms with Crippen LogP contribution in [0, 0.1) is 13.8 Å². The van der Waals surface area contributed by atoms with Crippen LogP contribution in [0.1, 0.15) is 28.4 Å². The summed E-state index contributed by atoms with van der Waals surface area (Å²) >= 11 is 0. The van der Waals surface area contributed by atoms with E-state index in [2.05, 4.69) is 47.3 Å². The Kier molecular flexibility index (Phi) is 3.49. The first-order valence-electron chi connectivity index (χ1n) is 5.73. The normalized spacial score (nSPS) is 12.4. The predicted molar refractivity (Wildman–Crippen MR) is 68.9 cm³/mol. The number of hydrogen-bond donors (Lipinski definition) is 1. The Labute approximate surface area is 102 Å². The number of nitrogens with one attached hydrogen (secondary N) is 1. The number of nitrogens with zero attached hydrogens (tertiary/aromatic N) is 2. The second-order valence-electron chi connectivity index (χ2n) is 4.15. The number of aryl methyl sites for hydroxylation is 1. The van der Waals surface area contributed by atoms with Crippen LogP contribution < -0.4 is 5.32 Å². The maximum atomic E-state index is 4.32. The molecule has 1 unspecified atom stereocenters. The molecule has 3 heteroatoms. The van der Waals surface area contributed by atoms with E-state index in [1.54, 1.807) is 12.5 Å². The Morgan fingerprint density at radius 3 is 2.65 bits per heavy atom. The van der Waals surface area contributed by atoms with Crippen LogP contribution in [0.4, 0.5) is 0 Å². The highest BCUT2D eigenvalue weighted by Crippen LogP contribution is 2.24. The highest BCUT2D eigenvalue weighted by molar-refractivity contribution is 5.38. The van der Waals surface area contributed by atoms with Crippen molar-refractivity contribution < 1.29 is 0 Å². The van der Waals surface area contributed by atoms with Crippen LogP contribution in [0.3, 0.4) is 0 Å². The van der Waals surface area contributed by atoms with Crippen molar-refractivity contribution in [2.45, 2.75) is 19.9 Å². The molecule has 0 aliphatic carbocycles. The van der Waals surface area contributed by atoms with E-state index in [1.165, 1.54) is 16.7 Å². The molecule has 2 aromatic rings. The number of rotatable bonds is 3. The van der Waals surface area contributed by atoms with E-state index in [4.69, 9.17) is 0 Å². The smallest absolute Gasteiger partial charge is 0.115 e. The molecule has 1 atom stereocenters. The largest absolute Gasteiger partial charge is 0.308 e. The summed E-state index contributed by atoms with van der Waals surface area (Å²) in [6.07, 6.45) is 3.36. The monoisotopic (exact) mass is 227 g/mol. The van der Waals surface area contributed by atoms with Crippen molar-refractivity contribution >= 4 is 0 Å². The number of hydrogen-bond acceptors (Lipinski definition) is 3. The van der Waals surface area contributed by atoms with Crippen molar-refractivity contribution in [3.05, 3.63) is 59.2 Å². The molecule has 0 radical (unpaired) electrons. The Bertz CT molecular complexity index is 494. The van der Waals surface area contributed by atoms with Gasteiger partial charge in [0.2, 0.25) is 0 Å². The van der Waals surface area contributed by atoms with Crippen LogP contribution in [0.2, 0.25) is 0 Å². The number of benzene rings is 1. The fourth-order valence-electron chi connectivity index (χ4n) is 2.02. The van der Waals surface area contributed by atoms with E-state index in [0.29, 0.717) is 0 Å². The summed E-state index contributed by atoms with van der Waals surface area (Å²) in [6, 6.07) is 8.43. The van der Waals surface area contributed by atoms with E-state index < -0.39 is 0 Å². The fourth-order valence-corrected chi connectivity index (χ4v) is 2.02. The lowest BCUT2D eigenvalue weighted by molar-refractivity contribution is 0.663. The van der Waals surface area contributed by atoms with Crippen LogP contribution in [0.15, 0.2) is 36.8 Å². The van der Waals surface area contributed by atoms with Gasteiger partial charge in [-0.15, -0.1) is 0 Å². The fraction of sp³-hybridized carbons (Fsp3) is 0.286. The van der Waals surface area contributed by atoms with Gasteiger partial charge in [-0.25, -0.2) is 9.97 Å². The first-order valence-corrected chi connectivity index (χ1v) is 5.73. The van der Waals surface area contributed by atoms with Crippen LogP contribution in [0.5, 0.6) is 0 Å². The summed E-state index contributed by atoms with van der Waals surface area (Å²) in [4.78, 5) is 8.28. The molecule has 0 aliphatic rings.